The fourth-order valence-electron chi connectivity index (χ4n) is 1.90. The molecule has 0 amide bonds. The maximum absolute atomic E-state index is 11.6. The third-order valence-electron chi connectivity index (χ3n) is 2.98. The molecule has 1 aromatic rings. The Hall–Kier alpha value is -1.60. The zero-order chi connectivity index (χ0) is 14.8. The van der Waals surface area contributed by atoms with Gasteiger partial charge in [0, 0.05) is 6.54 Å². The predicted molar refractivity (Wildman–Crippen MR) is 72.6 cm³/mol. The third-order valence-corrected chi connectivity index (χ3v) is 3.94. The van der Waals surface area contributed by atoms with Crippen LogP contribution >= 0.6 is 0 Å². The van der Waals surface area contributed by atoms with E-state index in [4.69, 9.17) is 5.14 Å². The van der Waals surface area contributed by atoms with Crippen molar-refractivity contribution in [1.29, 1.82) is 0 Å². The summed E-state index contributed by atoms with van der Waals surface area (Å²) in [5.41, 5.74) is -0.949. The van der Waals surface area contributed by atoms with Gasteiger partial charge in [0.15, 0.2) is 0 Å². The maximum atomic E-state index is 11.6. The lowest BCUT2D eigenvalue weighted by Crippen LogP contribution is -2.50. The second kappa shape index (κ2) is 5.18. The van der Waals surface area contributed by atoms with E-state index in [0.717, 1.165) is 0 Å². The molecule has 0 saturated carbocycles. The standard InChI is InChI=1S/C12H18N2O4S/c1-4-14(12(2,3)11(15)16)9-7-5-6-8-10(9)19(13,17)18/h5-8H,4H2,1-3H3,(H,15,16)(H2,13,17,18). The van der Waals surface area contributed by atoms with Gasteiger partial charge in [0.2, 0.25) is 10.0 Å². The number of carboxylic acid groups (broad SMARTS) is 1. The van der Waals surface area contributed by atoms with Crippen LogP contribution in [-0.4, -0.2) is 31.6 Å². The van der Waals surface area contributed by atoms with Crippen LogP contribution < -0.4 is 10.0 Å². The number of rotatable bonds is 5. The number of carbonyl (C=O) groups is 1. The molecule has 0 atom stereocenters. The molecule has 1 rings (SSSR count). The Morgan fingerprint density at radius 2 is 1.89 bits per heavy atom. The molecule has 0 fully saturated rings. The zero-order valence-corrected chi connectivity index (χ0v) is 11.9. The number of nitrogens with zero attached hydrogens (tertiary/aromatic N) is 1. The molecular weight excluding hydrogens is 268 g/mol. The van der Waals surface area contributed by atoms with E-state index in [1.807, 2.05) is 0 Å². The molecule has 0 radical (unpaired) electrons. The minimum Gasteiger partial charge on any atom is -0.480 e. The number of carboxylic acids is 1. The number of primary sulfonamides is 1. The summed E-state index contributed by atoms with van der Waals surface area (Å²) in [5, 5.41) is 14.4. The van der Waals surface area contributed by atoms with Crippen LogP contribution in [-0.2, 0) is 14.8 Å². The first kappa shape index (κ1) is 15.5. The number of aliphatic carboxylic acids is 1. The summed E-state index contributed by atoms with van der Waals surface area (Å²) >= 11 is 0. The van der Waals surface area contributed by atoms with E-state index >= 15 is 0 Å². The van der Waals surface area contributed by atoms with E-state index in [0.29, 0.717) is 12.2 Å². The Morgan fingerprint density at radius 1 is 1.37 bits per heavy atom. The normalized spacial score (nSPS) is 12.2. The Labute approximate surface area is 112 Å². The SMILES string of the molecule is CCN(c1ccccc1S(N)(=O)=O)C(C)(C)C(=O)O. The number of anilines is 1. The third kappa shape index (κ3) is 3.05. The summed E-state index contributed by atoms with van der Waals surface area (Å²) in [6, 6.07) is 6.11. The molecule has 1 aromatic carbocycles. The van der Waals surface area contributed by atoms with Gasteiger partial charge in [0.1, 0.15) is 10.4 Å². The van der Waals surface area contributed by atoms with Crippen molar-refractivity contribution in [3.05, 3.63) is 24.3 Å². The van der Waals surface area contributed by atoms with Crippen LogP contribution in [0.25, 0.3) is 0 Å². The number of hydrogen-bond acceptors (Lipinski definition) is 4. The highest BCUT2D eigenvalue weighted by Gasteiger charge is 2.35. The first-order chi connectivity index (χ1) is 8.62. The van der Waals surface area contributed by atoms with Gasteiger partial charge in [0.05, 0.1) is 5.69 Å². The molecular formula is C12H18N2O4S. The van der Waals surface area contributed by atoms with Gasteiger partial charge < -0.3 is 10.0 Å². The van der Waals surface area contributed by atoms with Gasteiger partial charge in [0.25, 0.3) is 0 Å². The Bertz CT molecular complexity index is 581. The minimum absolute atomic E-state index is 0.0776. The molecule has 106 valence electrons. The largest absolute Gasteiger partial charge is 0.480 e. The van der Waals surface area contributed by atoms with Gasteiger partial charge in [-0.25, -0.2) is 18.4 Å². The molecule has 19 heavy (non-hydrogen) atoms. The highest BCUT2D eigenvalue weighted by molar-refractivity contribution is 7.89. The Morgan fingerprint density at radius 3 is 2.32 bits per heavy atom. The van der Waals surface area contributed by atoms with Crippen LogP contribution in [0.15, 0.2) is 29.2 Å². The summed E-state index contributed by atoms with van der Waals surface area (Å²) in [7, 11) is -3.91. The van der Waals surface area contributed by atoms with E-state index in [-0.39, 0.29) is 4.90 Å². The van der Waals surface area contributed by atoms with Crippen LogP contribution in [0.3, 0.4) is 0 Å². The fraction of sp³-hybridized carbons (Fsp3) is 0.417. The molecule has 0 aromatic heterocycles. The van der Waals surface area contributed by atoms with Crippen molar-refractivity contribution in [2.45, 2.75) is 31.2 Å². The summed E-state index contributed by atoms with van der Waals surface area (Å²) in [6.07, 6.45) is 0. The lowest BCUT2D eigenvalue weighted by Gasteiger charge is -2.37. The predicted octanol–water partition coefficient (Wildman–Crippen LogP) is 1.02. The van der Waals surface area contributed by atoms with Crippen molar-refractivity contribution in [3.63, 3.8) is 0 Å². The number of benzene rings is 1. The van der Waals surface area contributed by atoms with Gasteiger partial charge in [-0.05, 0) is 32.9 Å². The molecule has 0 unspecified atom stereocenters. The second-order valence-corrected chi connectivity index (χ2v) is 6.15. The smallest absolute Gasteiger partial charge is 0.328 e. The topological polar surface area (TPSA) is 101 Å². The lowest BCUT2D eigenvalue weighted by molar-refractivity contribution is -0.142. The Balaban J connectivity index is 3.48. The Kier molecular flexibility index (Phi) is 4.21. The van der Waals surface area contributed by atoms with Crippen molar-refractivity contribution in [3.8, 4) is 0 Å². The minimum atomic E-state index is -3.91. The van der Waals surface area contributed by atoms with E-state index in [9.17, 15) is 18.3 Å². The molecule has 6 nitrogen and oxygen atoms in total. The van der Waals surface area contributed by atoms with E-state index in [2.05, 4.69) is 0 Å². The molecule has 0 spiro atoms. The fourth-order valence-corrected chi connectivity index (χ4v) is 2.64. The van der Waals surface area contributed by atoms with Crippen LogP contribution in [0.4, 0.5) is 5.69 Å². The van der Waals surface area contributed by atoms with Crippen LogP contribution in [0, 0.1) is 0 Å². The van der Waals surface area contributed by atoms with E-state index in [1.54, 1.807) is 25.1 Å². The first-order valence-electron chi connectivity index (χ1n) is 5.75. The maximum Gasteiger partial charge on any atom is 0.328 e. The van der Waals surface area contributed by atoms with Gasteiger partial charge >= 0.3 is 5.97 Å². The summed E-state index contributed by atoms with van der Waals surface area (Å²) in [4.78, 5) is 12.8. The van der Waals surface area contributed by atoms with Crippen molar-refractivity contribution in [1.82, 2.24) is 0 Å². The molecule has 0 heterocycles. The van der Waals surface area contributed by atoms with Gasteiger partial charge in [-0.15, -0.1) is 0 Å². The second-order valence-electron chi connectivity index (χ2n) is 4.62. The van der Waals surface area contributed by atoms with Crippen molar-refractivity contribution in [2.24, 2.45) is 5.14 Å². The zero-order valence-electron chi connectivity index (χ0n) is 11.1. The lowest BCUT2D eigenvalue weighted by atomic mass is 10.0. The van der Waals surface area contributed by atoms with Crippen molar-refractivity contribution in [2.75, 3.05) is 11.4 Å². The highest BCUT2D eigenvalue weighted by atomic mass is 32.2. The number of hydrogen-bond donors (Lipinski definition) is 2. The van der Waals surface area contributed by atoms with Crippen molar-refractivity contribution < 1.29 is 18.3 Å². The highest BCUT2D eigenvalue weighted by Crippen LogP contribution is 2.29. The molecule has 0 aliphatic rings. The average Bonchev–Trinajstić information content (AvgIpc) is 2.28. The molecule has 3 N–H and O–H groups in total. The molecule has 7 heteroatoms. The van der Waals surface area contributed by atoms with Gasteiger partial charge in [-0.1, -0.05) is 12.1 Å². The first-order valence-corrected chi connectivity index (χ1v) is 7.30. The summed E-state index contributed by atoms with van der Waals surface area (Å²) in [5.74, 6) is -1.04. The molecule has 0 saturated heterocycles. The molecule has 0 bridgehead atoms. The average molecular weight is 286 g/mol. The van der Waals surface area contributed by atoms with Gasteiger partial charge in [-0.3, -0.25) is 0 Å². The monoisotopic (exact) mass is 286 g/mol. The number of nitrogens with two attached hydrogens (primary N) is 1. The van der Waals surface area contributed by atoms with Crippen molar-refractivity contribution >= 4 is 21.7 Å². The van der Waals surface area contributed by atoms with E-state index < -0.39 is 21.5 Å². The van der Waals surface area contributed by atoms with Crippen LogP contribution in [0.2, 0.25) is 0 Å². The van der Waals surface area contributed by atoms with Gasteiger partial charge in [-0.2, -0.15) is 0 Å². The number of likely N-dealkylation sites (N-methyl/N-ethyl adjacent to an activating group) is 1. The van der Waals surface area contributed by atoms with E-state index in [1.165, 1.54) is 24.8 Å². The van der Waals surface area contributed by atoms with Crippen LogP contribution in [0.1, 0.15) is 20.8 Å². The van der Waals surface area contributed by atoms with Crippen LogP contribution in [0.5, 0.6) is 0 Å². The quantitative estimate of drug-likeness (QED) is 0.841. The molecule has 0 aliphatic heterocycles. The summed E-state index contributed by atoms with van der Waals surface area (Å²) in [6.45, 7) is 5.12. The summed E-state index contributed by atoms with van der Waals surface area (Å²) < 4.78 is 23.1. The number of para-hydroxylation sites is 1. The molecule has 0 aliphatic carbocycles. The number of sulfonamides is 1.